The molecule has 2 aliphatic rings. The number of fused-ring (bicyclic) bond motifs is 2. The van der Waals surface area contributed by atoms with Gasteiger partial charge in [0.2, 0.25) is 0 Å². The lowest BCUT2D eigenvalue weighted by Gasteiger charge is -2.34. The van der Waals surface area contributed by atoms with E-state index in [1.807, 2.05) is 0 Å². The highest BCUT2D eigenvalue weighted by atomic mass is 14.6. The van der Waals surface area contributed by atoms with Crippen LogP contribution >= 0.6 is 0 Å². The molecule has 2 aliphatic carbocycles. The number of hydrogen-bond acceptors (Lipinski definition) is 1. The second-order valence-corrected chi connectivity index (χ2v) is 3.76. The van der Waals surface area contributed by atoms with Crippen molar-refractivity contribution >= 4 is 0 Å². The van der Waals surface area contributed by atoms with Crippen LogP contribution in [0.3, 0.4) is 0 Å². The van der Waals surface area contributed by atoms with Gasteiger partial charge in [0.15, 0.2) is 0 Å². The lowest BCUT2D eigenvalue weighted by molar-refractivity contribution is 0.262. The number of allylic oxidation sites excluding steroid dienone is 2. The van der Waals surface area contributed by atoms with E-state index in [1.54, 1.807) is 0 Å². The van der Waals surface area contributed by atoms with Crippen molar-refractivity contribution in [3.63, 3.8) is 0 Å². The Bertz CT molecular complexity index is 151. The van der Waals surface area contributed by atoms with Crippen molar-refractivity contribution in [2.45, 2.75) is 31.7 Å². The molecule has 3 unspecified atom stereocenters. The molecule has 1 nitrogen and oxygen atoms in total. The van der Waals surface area contributed by atoms with E-state index in [4.69, 9.17) is 5.73 Å². The molecule has 2 N–H and O–H groups in total. The Morgan fingerprint density at radius 2 is 2.10 bits per heavy atom. The highest BCUT2D eigenvalue weighted by molar-refractivity contribution is 5.00. The minimum atomic E-state index is 0.494. The molecule has 0 radical (unpaired) electrons. The minimum Gasteiger partial charge on any atom is -0.328 e. The Balaban J connectivity index is 2.09. The van der Waals surface area contributed by atoms with Crippen LogP contribution in [-0.2, 0) is 0 Å². The van der Waals surface area contributed by atoms with Crippen LogP contribution in [0.1, 0.15) is 25.7 Å². The third-order valence-electron chi connectivity index (χ3n) is 2.76. The summed E-state index contributed by atoms with van der Waals surface area (Å²) in [5.41, 5.74) is 5.89. The zero-order valence-corrected chi connectivity index (χ0v) is 6.29. The van der Waals surface area contributed by atoms with Gasteiger partial charge in [0.05, 0.1) is 0 Å². The fourth-order valence-corrected chi connectivity index (χ4v) is 2.35. The summed E-state index contributed by atoms with van der Waals surface area (Å²) in [4.78, 5) is 0. The SMILES string of the molecule is NC1CC2C=CCC(C1)C2. The molecule has 0 aromatic rings. The van der Waals surface area contributed by atoms with Crippen LogP contribution in [0.5, 0.6) is 0 Å². The molecule has 0 amide bonds. The van der Waals surface area contributed by atoms with E-state index in [0.717, 1.165) is 11.8 Å². The number of hydrogen-bond donors (Lipinski definition) is 1. The summed E-state index contributed by atoms with van der Waals surface area (Å²) >= 11 is 0. The Morgan fingerprint density at radius 1 is 1.20 bits per heavy atom. The summed E-state index contributed by atoms with van der Waals surface area (Å²) in [6.07, 6.45) is 9.88. The summed E-state index contributed by atoms with van der Waals surface area (Å²) < 4.78 is 0. The molecular formula is C9H15N. The summed E-state index contributed by atoms with van der Waals surface area (Å²) in [7, 11) is 0. The van der Waals surface area contributed by atoms with Crippen LogP contribution in [0.25, 0.3) is 0 Å². The molecule has 0 aromatic carbocycles. The molecule has 0 aromatic heterocycles. The van der Waals surface area contributed by atoms with Gasteiger partial charge in [-0.3, -0.25) is 0 Å². The first-order valence-electron chi connectivity index (χ1n) is 4.27. The molecule has 1 heteroatoms. The van der Waals surface area contributed by atoms with Crippen LogP contribution in [0, 0.1) is 11.8 Å². The molecule has 0 heterocycles. The molecule has 0 spiro atoms. The standard InChI is InChI=1S/C9H15N/c10-9-5-7-2-1-3-8(4-7)6-9/h1-2,7-9H,3-6,10H2. The highest BCUT2D eigenvalue weighted by Gasteiger charge is 2.26. The topological polar surface area (TPSA) is 26.0 Å². The van der Waals surface area contributed by atoms with Gasteiger partial charge in [-0.2, -0.15) is 0 Å². The fraction of sp³-hybridized carbons (Fsp3) is 0.778. The first-order valence-corrected chi connectivity index (χ1v) is 4.27. The van der Waals surface area contributed by atoms with E-state index in [9.17, 15) is 0 Å². The summed E-state index contributed by atoms with van der Waals surface area (Å²) in [6.45, 7) is 0. The number of nitrogens with two attached hydrogens (primary N) is 1. The fourth-order valence-electron chi connectivity index (χ4n) is 2.35. The molecule has 3 atom stereocenters. The van der Waals surface area contributed by atoms with Gasteiger partial charge in [-0.15, -0.1) is 0 Å². The molecule has 2 bridgehead atoms. The largest absolute Gasteiger partial charge is 0.328 e. The Morgan fingerprint density at radius 3 is 2.90 bits per heavy atom. The summed E-state index contributed by atoms with van der Waals surface area (Å²) in [5, 5.41) is 0. The Kier molecular flexibility index (Phi) is 1.53. The molecule has 56 valence electrons. The predicted molar refractivity (Wildman–Crippen MR) is 42.6 cm³/mol. The van der Waals surface area contributed by atoms with Crippen molar-refractivity contribution in [3.8, 4) is 0 Å². The van der Waals surface area contributed by atoms with E-state index >= 15 is 0 Å². The molecule has 1 fully saturated rings. The van der Waals surface area contributed by atoms with Crippen LogP contribution < -0.4 is 5.73 Å². The van der Waals surface area contributed by atoms with E-state index in [0.29, 0.717) is 6.04 Å². The minimum absolute atomic E-state index is 0.494. The van der Waals surface area contributed by atoms with Crippen LogP contribution in [0.4, 0.5) is 0 Å². The second-order valence-electron chi connectivity index (χ2n) is 3.76. The summed E-state index contributed by atoms with van der Waals surface area (Å²) in [6, 6.07) is 0.494. The lowest BCUT2D eigenvalue weighted by atomic mass is 9.74. The molecule has 0 saturated heterocycles. The van der Waals surface area contributed by atoms with E-state index in [1.165, 1.54) is 25.7 Å². The van der Waals surface area contributed by atoms with Gasteiger partial charge in [-0.05, 0) is 37.5 Å². The third-order valence-corrected chi connectivity index (χ3v) is 2.76. The normalized spacial score (nSPS) is 45.5. The van der Waals surface area contributed by atoms with Gasteiger partial charge in [0.1, 0.15) is 0 Å². The number of rotatable bonds is 0. The van der Waals surface area contributed by atoms with Crippen molar-refractivity contribution in [2.75, 3.05) is 0 Å². The second kappa shape index (κ2) is 2.39. The van der Waals surface area contributed by atoms with Gasteiger partial charge >= 0.3 is 0 Å². The molecule has 0 aliphatic heterocycles. The van der Waals surface area contributed by atoms with E-state index < -0.39 is 0 Å². The van der Waals surface area contributed by atoms with Gasteiger partial charge in [0.25, 0.3) is 0 Å². The average molecular weight is 137 g/mol. The predicted octanol–water partition coefficient (Wildman–Crippen LogP) is 1.69. The van der Waals surface area contributed by atoms with Gasteiger partial charge < -0.3 is 5.73 Å². The zero-order chi connectivity index (χ0) is 6.97. The molecule has 2 rings (SSSR count). The van der Waals surface area contributed by atoms with Gasteiger partial charge in [-0.1, -0.05) is 12.2 Å². The molecule has 10 heavy (non-hydrogen) atoms. The summed E-state index contributed by atoms with van der Waals surface area (Å²) in [5.74, 6) is 1.74. The smallest absolute Gasteiger partial charge is 0.00471 e. The first-order chi connectivity index (χ1) is 4.84. The van der Waals surface area contributed by atoms with E-state index in [2.05, 4.69) is 12.2 Å². The maximum Gasteiger partial charge on any atom is 0.00471 e. The van der Waals surface area contributed by atoms with Gasteiger partial charge in [-0.25, -0.2) is 0 Å². The van der Waals surface area contributed by atoms with Crippen LogP contribution in [-0.4, -0.2) is 6.04 Å². The monoisotopic (exact) mass is 137 g/mol. The highest BCUT2D eigenvalue weighted by Crippen LogP contribution is 2.34. The Hall–Kier alpha value is -0.300. The maximum atomic E-state index is 5.89. The van der Waals surface area contributed by atoms with Crippen molar-refractivity contribution < 1.29 is 0 Å². The van der Waals surface area contributed by atoms with Gasteiger partial charge in [0, 0.05) is 6.04 Å². The average Bonchev–Trinajstić information content (AvgIpc) is 1.85. The quantitative estimate of drug-likeness (QED) is 0.505. The van der Waals surface area contributed by atoms with Crippen molar-refractivity contribution in [1.29, 1.82) is 0 Å². The Labute approximate surface area is 62.3 Å². The van der Waals surface area contributed by atoms with Crippen LogP contribution in [0.2, 0.25) is 0 Å². The first kappa shape index (κ1) is 6.41. The zero-order valence-electron chi connectivity index (χ0n) is 6.29. The lowest BCUT2D eigenvalue weighted by Crippen LogP contribution is -2.33. The molecular weight excluding hydrogens is 122 g/mol. The van der Waals surface area contributed by atoms with E-state index in [-0.39, 0.29) is 0 Å². The van der Waals surface area contributed by atoms with Crippen molar-refractivity contribution in [1.82, 2.24) is 0 Å². The van der Waals surface area contributed by atoms with Crippen molar-refractivity contribution in [3.05, 3.63) is 12.2 Å². The van der Waals surface area contributed by atoms with Crippen molar-refractivity contribution in [2.24, 2.45) is 17.6 Å². The maximum absolute atomic E-state index is 5.89. The third kappa shape index (κ3) is 1.10. The molecule has 1 saturated carbocycles. The van der Waals surface area contributed by atoms with Crippen LogP contribution in [0.15, 0.2) is 12.2 Å².